The maximum atomic E-state index is 13.7. The Kier molecular flexibility index (Phi) is 14.8. The number of nitrogens with zero attached hydrogens (tertiary/aromatic N) is 6. The van der Waals surface area contributed by atoms with E-state index < -0.39 is 7.14 Å². The molecule has 0 saturated carbocycles. The van der Waals surface area contributed by atoms with Crippen molar-refractivity contribution in [2.75, 3.05) is 59.8 Å². The summed E-state index contributed by atoms with van der Waals surface area (Å²) in [6.07, 6.45) is 22.3. The second-order valence-corrected chi connectivity index (χ2v) is 18.3. The van der Waals surface area contributed by atoms with E-state index in [1.54, 1.807) is 33.7 Å². The average Bonchev–Trinajstić information content (AvgIpc) is 3.28. The van der Waals surface area contributed by atoms with E-state index in [9.17, 15) is 4.57 Å². The molecule has 0 amide bonds. The molecule has 2 saturated heterocycles. The maximum absolute atomic E-state index is 13.7. The van der Waals surface area contributed by atoms with E-state index in [2.05, 4.69) is 88.7 Å². The molecule has 14 heteroatoms. The van der Waals surface area contributed by atoms with Crippen LogP contribution < -0.4 is 10.6 Å². The molecule has 281 valence electrons. The molecular weight excluding hydrogens is 778 g/mol. The van der Waals surface area contributed by atoms with Gasteiger partial charge in [0.05, 0.1) is 13.2 Å². The Morgan fingerprint density at radius 1 is 1.17 bits per heavy atom. The molecule has 2 aliphatic heterocycles. The van der Waals surface area contributed by atoms with Crippen molar-refractivity contribution in [2.45, 2.75) is 64.8 Å². The molecule has 1 aromatic rings. The van der Waals surface area contributed by atoms with Crippen molar-refractivity contribution >= 4 is 39.0 Å². The van der Waals surface area contributed by atoms with E-state index in [0.717, 1.165) is 81.4 Å². The van der Waals surface area contributed by atoms with Crippen LogP contribution >= 0.6 is 23.1 Å². The van der Waals surface area contributed by atoms with Gasteiger partial charge in [0.25, 0.3) is 0 Å². The number of likely N-dealkylation sites (tertiary alicyclic amines) is 1. The summed E-state index contributed by atoms with van der Waals surface area (Å²) in [5.41, 5.74) is 5.91. The topological polar surface area (TPSA) is 109 Å². The number of nitrogens with one attached hydrogen (secondary N) is 2. The quantitative estimate of drug-likeness (QED) is 0.114. The molecule has 0 bridgehead atoms. The number of rotatable bonds is 11. The summed E-state index contributed by atoms with van der Waals surface area (Å²) in [5.74, 6) is 1.41. The fourth-order valence-electron chi connectivity index (χ4n) is 7.04. The number of aromatic nitrogens is 3. The summed E-state index contributed by atoms with van der Waals surface area (Å²) in [6.45, 7) is 13.5. The number of morpholine rings is 1. The van der Waals surface area contributed by atoms with Gasteiger partial charge in [0.2, 0.25) is 0 Å². The van der Waals surface area contributed by atoms with Crippen molar-refractivity contribution in [1.29, 1.82) is 0 Å². The van der Waals surface area contributed by atoms with E-state index in [0.29, 0.717) is 38.3 Å². The molecule has 1 atom stereocenters. The molecular formula is C38H53BrN8O3PV-. The molecule has 52 heavy (non-hydrogen) atoms. The van der Waals surface area contributed by atoms with Crippen molar-refractivity contribution < 1.29 is 31.0 Å². The number of methoxy groups -OCH3 is 1. The number of allylic oxidation sites excluding steroid dienone is 10. The number of hydrogen-bond donors (Lipinski definition) is 2. The van der Waals surface area contributed by atoms with Gasteiger partial charge in [0.15, 0.2) is 0 Å². The van der Waals surface area contributed by atoms with E-state index in [1.807, 2.05) is 25.2 Å². The van der Waals surface area contributed by atoms with E-state index in [-0.39, 0.29) is 0 Å². The Balaban J connectivity index is 1.40. The van der Waals surface area contributed by atoms with E-state index in [1.165, 1.54) is 35.3 Å². The summed E-state index contributed by atoms with van der Waals surface area (Å²) in [5, 5.41) is 16.5. The molecule has 1 aromatic heterocycles. The molecule has 2 aliphatic carbocycles. The number of aliphatic imine (C=N–C) groups is 1. The number of halogens is 1. The van der Waals surface area contributed by atoms with E-state index in [4.69, 9.17) is 14.5 Å². The third-order valence-corrected chi connectivity index (χ3v) is 12.4. The Morgan fingerprint density at radius 2 is 1.96 bits per heavy atom. The Labute approximate surface area is 327 Å². The van der Waals surface area contributed by atoms with Gasteiger partial charge in [-0.15, -0.1) is 0 Å². The summed E-state index contributed by atoms with van der Waals surface area (Å²) >= 11 is 6.20. The van der Waals surface area contributed by atoms with Crippen LogP contribution in [0.15, 0.2) is 79.8 Å². The molecule has 4 aliphatic rings. The summed E-state index contributed by atoms with van der Waals surface area (Å²) < 4.78 is 26.6. The zero-order valence-corrected chi connectivity index (χ0v) is 35.3. The van der Waals surface area contributed by atoms with Crippen LogP contribution in [0.2, 0.25) is 0 Å². The van der Waals surface area contributed by atoms with Crippen LogP contribution in [-0.2, 0) is 38.1 Å². The van der Waals surface area contributed by atoms with Crippen molar-refractivity contribution in [1.82, 2.24) is 35.4 Å². The van der Waals surface area contributed by atoms with Gasteiger partial charge in [-0.1, -0.05) is 0 Å². The first kappa shape index (κ1) is 40.5. The third-order valence-electron chi connectivity index (χ3n) is 9.75. The predicted molar refractivity (Wildman–Crippen MR) is 211 cm³/mol. The molecule has 2 fully saturated rings. The standard InChI is InChI=1S/C38H53BrN8O3P.V/c1-7-28-24-33(36(49-4)16-10-15-35(28)47-18-11-13-30(17-19-47)46-20-22-50-23-21-46)40-27-41-38(31(39)8-2)43-32-14-9-12-29(25-37(32)51(5,6)48)34-26-42-45(3)44-34;/h9,14-15,24-26,30,40H,7,10-13,16-23H2,1-6H3,(H,41,43);/q-1;/b28-24-,35-15?,36-33-;. The van der Waals surface area contributed by atoms with Crippen LogP contribution in [0.25, 0.3) is 5.57 Å². The molecule has 0 radical (unpaired) electrons. The van der Waals surface area contributed by atoms with Crippen molar-refractivity contribution in [3.05, 3.63) is 86.6 Å². The molecule has 0 spiro atoms. The van der Waals surface area contributed by atoms with E-state index >= 15 is 0 Å². The van der Waals surface area contributed by atoms with Crippen molar-refractivity contribution in [3.8, 4) is 0 Å². The number of amidine groups is 1. The first-order valence-corrected chi connectivity index (χ1v) is 22.3. The number of ether oxygens (including phenoxy) is 2. The molecule has 1 unspecified atom stereocenters. The molecule has 2 N–H and O–H groups in total. The average molecular weight is 832 g/mol. The minimum atomic E-state index is -2.74. The van der Waals surface area contributed by atoms with Crippen molar-refractivity contribution in [2.24, 2.45) is 12.0 Å². The first-order valence-electron chi connectivity index (χ1n) is 18.2. The van der Waals surface area contributed by atoms with Gasteiger partial charge in [-0.2, -0.15) is 0 Å². The normalized spacial score (nSPS) is 24.2. The summed E-state index contributed by atoms with van der Waals surface area (Å²) in [7, 11) is 0.787. The Hall–Kier alpha value is -2.73. The van der Waals surface area contributed by atoms with Gasteiger partial charge in [0.1, 0.15) is 0 Å². The zero-order chi connectivity index (χ0) is 37.3. The number of hydrogen-bond acceptors (Lipinski definition) is 9. The number of aryl methyl sites for hydroxylation is 1. The van der Waals surface area contributed by atoms with Crippen LogP contribution in [0.3, 0.4) is 0 Å². The molecule has 0 aromatic carbocycles. The van der Waals surface area contributed by atoms with Crippen molar-refractivity contribution in [3.63, 3.8) is 0 Å². The monoisotopic (exact) mass is 830 g/mol. The molecule has 11 nitrogen and oxygen atoms in total. The van der Waals surface area contributed by atoms with Crippen LogP contribution in [0.4, 0.5) is 0 Å². The molecule has 5 rings (SSSR count). The van der Waals surface area contributed by atoms with Crippen LogP contribution in [0.1, 0.15) is 64.5 Å². The first-order chi connectivity index (χ1) is 25.0. The minimum absolute atomic E-state index is 0.526. The molecule has 3 heterocycles. The zero-order valence-electron chi connectivity index (χ0n) is 31.4. The summed E-state index contributed by atoms with van der Waals surface area (Å²) in [4.78, 5) is 11.8. The SMILES string of the molecule is C[C-]=C(Br)/C(=N\[C](=[V])NC1=C(\OC)CCC=C(N2CCCC(N3CCOCC3)CC2)/C(CC)=C\1)NC1=C(P(C)(C)=O)C=C(c2cnn(C)n2)CC=C1. The second kappa shape index (κ2) is 19.0. The van der Waals surface area contributed by atoms with Crippen LogP contribution in [0.5, 0.6) is 0 Å². The van der Waals surface area contributed by atoms with Gasteiger partial charge in [-0.3, -0.25) is 0 Å². The van der Waals surface area contributed by atoms with Gasteiger partial charge >= 0.3 is 311 Å². The van der Waals surface area contributed by atoms with Crippen LogP contribution in [0, 0.1) is 6.08 Å². The Morgan fingerprint density at radius 3 is 2.63 bits per heavy atom. The van der Waals surface area contributed by atoms with Gasteiger partial charge in [-0.25, -0.2) is 0 Å². The predicted octanol–water partition coefficient (Wildman–Crippen LogP) is 6.37. The fraction of sp³-hybridized carbons (Fsp3) is 0.526. The van der Waals surface area contributed by atoms with Gasteiger partial charge < -0.3 is 4.74 Å². The summed E-state index contributed by atoms with van der Waals surface area (Å²) in [6, 6.07) is 0.622. The Bertz CT molecular complexity index is 1780. The third kappa shape index (κ3) is 10.7. The fourth-order valence-corrected chi connectivity index (χ4v) is 8.75. The van der Waals surface area contributed by atoms with Crippen LogP contribution in [-0.4, -0.2) is 101 Å². The second-order valence-electron chi connectivity index (χ2n) is 13.7. The van der Waals surface area contributed by atoms with Gasteiger partial charge in [0, 0.05) is 0 Å². The van der Waals surface area contributed by atoms with Gasteiger partial charge in [-0.05, 0) is 0 Å².